The smallest absolute Gasteiger partial charge is 0.406 e. The summed E-state index contributed by atoms with van der Waals surface area (Å²) in [6, 6.07) is 24.3. The topological polar surface area (TPSA) is 36.0 Å². The molecule has 3 aromatic carbocycles. The Morgan fingerprint density at radius 1 is 0.902 bits per heavy atom. The maximum absolute atomic E-state index is 13.9. The molecule has 1 aliphatic rings. The molecule has 5 nitrogen and oxygen atoms in total. The summed E-state index contributed by atoms with van der Waals surface area (Å²) in [4.78, 5) is 20.3. The molecule has 0 spiro atoms. The van der Waals surface area contributed by atoms with Crippen molar-refractivity contribution in [2.75, 3.05) is 31.6 Å². The summed E-state index contributed by atoms with van der Waals surface area (Å²) in [5, 5.41) is 0. The van der Waals surface area contributed by atoms with Gasteiger partial charge in [-0.15, -0.1) is 13.2 Å². The Morgan fingerprint density at radius 2 is 1.54 bits per heavy atom. The van der Waals surface area contributed by atoms with Crippen LogP contribution in [0.2, 0.25) is 0 Å². The number of benzene rings is 3. The maximum atomic E-state index is 13.9. The Morgan fingerprint density at radius 3 is 2.10 bits per heavy atom. The van der Waals surface area contributed by atoms with Crippen molar-refractivity contribution in [2.24, 2.45) is 0 Å². The summed E-state index contributed by atoms with van der Waals surface area (Å²) in [7, 11) is 2.01. The molecule has 1 fully saturated rings. The van der Waals surface area contributed by atoms with Crippen LogP contribution in [0.4, 0.5) is 18.9 Å². The third-order valence-corrected chi connectivity index (χ3v) is 7.79. The average Bonchev–Trinajstić information content (AvgIpc) is 3.16. The number of para-hydroxylation sites is 1. The molecule has 0 aliphatic carbocycles. The molecule has 41 heavy (non-hydrogen) atoms. The van der Waals surface area contributed by atoms with Gasteiger partial charge in [0.25, 0.3) is 0 Å². The molecule has 4 rings (SSSR count). The van der Waals surface area contributed by atoms with Gasteiger partial charge in [-0.1, -0.05) is 75.4 Å². The van der Waals surface area contributed by atoms with Crippen LogP contribution < -0.4 is 9.64 Å². The zero-order valence-corrected chi connectivity index (χ0v) is 24.5. The quantitative estimate of drug-likeness (QED) is 0.260. The summed E-state index contributed by atoms with van der Waals surface area (Å²) >= 11 is 0. The average molecular weight is 568 g/mol. The van der Waals surface area contributed by atoms with Gasteiger partial charge in [0, 0.05) is 25.3 Å². The van der Waals surface area contributed by atoms with E-state index < -0.39 is 6.36 Å². The molecule has 1 amide bonds. The van der Waals surface area contributed by atoms with Crippen LogP contribution in [0.1, 0.15) is 57.0 Å². The second kappa shape index (κ2) is 12.6. The summed E-state index contributed by atoms with van der Waals surface area (Å²) in [5.74, 6) is -0.187. The van der Waals surface area contributed by atoms with Crippen molar-refractivity contribution in [2.45, 2.75) is 64.5 Å². The van der Waals surface area contributed by atoms with E-state index in [9.17, 15) is 18.0 Å². The van der Waals surface area contributed by atoms with Gasteiger partial charge in [-0.25, -0.2) is 0 Å². The second-order valence-electron chi connectivity index (χ2n) is 11.6. The van der Waals surface area contributed by atoms with Crippen molar-refractivity contribution in [3.8, 4) is 5.75 Å². The fraction of sp³-hybridized carbons (Fsp3) is 0.424. The number of hydrogen-bond donors (Lipinski definition) is 0. The Balaban J connectivity index is 1.54. The molecule has 0 unspecified atom stereocenters. The van der Waals surface area contributed by atoms with Gasteiger partial charge < -0.3 is 14.5 Å². The molecule has 0 saturated carbocycles. The number of anilines is 1. The fourth-order valence-electron chi connectivity index (χ4n) is 5.50. The molecule has 220 valence electrons. The molecule has 1 heterocycles. The van der Waals surface area contributed by atoms with Gasteiger partial charge in [-0.3, -0.25) is 9.69 Å². The van der Waals surface area contributed by atoms with E-state index in [1.54, 1.807) is 12.1 Å². The number of nitrogens with zero attached hydrogens (tertiary/aromatic N) is 3. The van der Waals surface area contributed by atoms with Gasteiger partial charge in [-0.2, -0.15) is 0 Å². The highest BCUT2D eigenvalue weighted by atomic mass is 19.4. The molecular formula is C33H40F3N3O2. The predicted octanol–water partition coefficient (Wildman–Crippen LogP) is 7.18. The number of amides is 1. The van der Waals surface area contributed by atoms with Gasteiger partial charge in [0.05, 0.1) is 6.04 Å². The van der Waals surface area contributed by atoms with E-state index in [4.69, 9.17) is 0 Å². The Hall–Kier alpha value is -3.52. The number of likely N-dealkylation sites (N-methyl/N-ethyl adjacent to an activating group) is 1. The van der Waals surface area contributed by atoms with E-state index in [2.05, 4.69) is 78.6 Å². The van der Waals surface area contributed by atoms with Gasteiger partial charge >= 0.3 is 6.36 Å². The minimum Gasteiger partial charge on any atom is -0.406 e. The first kappa shape index (κ1) is 30.4. The van der Waals surface area contributed by atoms with Crippen LogP contribution in [0.5, 0.6) is 5.75 Å². The molecular weight excluding hydrogens is 527 g/mol. The Bertz CT molecular complexity index is 1270. The minimum atomic E-state index is -4.73. The first-order valence-corrected chi connectivity index (χ1v) is 14.1. The largest absolute Gasteiger partial charge is 0.573 e. The molecule has 3 aromatic rings. The van der Waals surface area contributed by atoms with Crippen LogP contribution in [-0.4, -0.2) is 54.8 Å². The van der Waals surface area contributed by atoms with Crippen LogP contribution >= 0.6 is 0 Å². The predicted molar refractivity (Wildman–Crippen MR) is 157 cm³/mol. The summed E-state index contributed by atoms with van der Waals surface area (Å²) < 4.78 is 41.7. The molecule has 2 atom stereocenters. The van der Waals surface area contributed by atoms with Gasteiger partial charge in [0.2, 0.25) is 5.91 Å². The SMILES string of the molecule is CCN(CC[C@H]1C(=O)N(CCc2ccc(OC(F)(F)F)cc2)[C@H](c2ccc(C(C)(C)C)cc2)N1C)c1ccccc1. The summed E-state index contributed by atoms with van der Waals surface area (Å²) in [6.07, 6.45) is -3.78. The van der Waals surface area contributed by atoms with Gasteiger partial charge in [0.1, 0.15) is 11.9 Å². The lowest BCUT2D eigenvalue weighted by atomic mass is 9.86. The number of carbonyl (C=O) groups excluding carboxylic acids is 1. The molecule has 1 aliphatic heterocycles. The van der Waals surface area contributed by atoms with Crippen LogP contribution in [-0.2, 0) is 16.6 Å². The molecule has 0 radical (unpaired) electrons. The standard InChI is InChI=1S/C33H40F3N3O2/c1-6-38(27-10-8-7-9-11-27)22-21-29-31(40)39(23-20-24-12-18-28(19-13-24)41-33(34,35)36)30(37(29)5)25-14-16-26(17-15-25)32(2,3)4/h7-19,29-30H,6,20-23H2,1-5H3/t29-,30+/m0/s1. The monoisotopic (exact) mass is 567 g/mol. The number of carbonyl (C=O) groups is 1. The van der Waals surface area contributed by atoms with Crippen LogP contribution in [0, 0.1) is 0 Å². The molecule has 0 N–H and O–H groups in total. The number of alkyl halides is 3. The van der Waals surface area contributed by atoms with Crippen molar-refractivity contribution in [3.05, 3.63) is 95.6 Å². The van der Waals surface area contributed by atoms with E-state index in [1.165, 1.54) is 17.7 Å². The van der Waals surface area contributed by atoms with Gasteiger partial charge in [-0.05, 0) is 73.2 Å². The van der Waals surface area contributed by atoms with E-state index in [0.29, 0.717) is 19.4 Å². The van der Waals surface area contributed by atoms with E-state index in [0.717, 1.165) is 29.9 Å². The van der Waals surface area contributed by atoms with E-state index >= 15 is 0 Å². The second-order valence-corrected chi connectivity index (χ2v) is 11.6. The zero-order chi connectivity index (χ0) is 29.8. The highest BCUT2D eigenvalue weighted by molar-refractivity contribution is 5.84. The molecule has 8 heteroatoms. The number of halogens is 3. The third kappa shape index (κ3) is 7.61. The molecule has 0 bridgehead atoms. The normalized spacial score (nSPS) is 18.1. The van der Waals surface area contributed by atoms with Crippen molar-refractivity contribution < 1.29 is 22.7 Å². The highest BCUT2D eigenvalue weighted by Gasteiger charge is 2.44. The number of rotatable bonds is 10. The summed E-state index contributed by atoms with van der Waals surface area (Å²) in [5.41, 5.74) is 4.25. The minimum absolute atomic E-state index is 0.0151. The van der Waals surface area contributed by atoms with E-state index in [-0.39, 0.29) is 29.3 Å². The van der Waals surface area contributed by atoms with Crippen LogP contribution in [0.3, 0.4) is 0 Å². The van der Waals surface area contributed by atoms with Crippen LogP contribution in [0.25, 0.3) is 0 Å². The molecule has 1 saturated heterocycles. The number of ether oxygens (including phenoxy) is 1. The van der Waals surface area contributed by atoms with Gasteiger partial charge in [0.15, 0.2) is 0 Å². The Labute approximate surface area is 241 Å². The van der Waals surface area contributed by atoms with Crippen molar-refractivity contribution in [1.29, 1.82) is 0 Å². The highest BCUT2D eigenvalue weighted by Crippen LogP contribution is 2.36. The lowest BCUT2D eigenvalue weighted by Gasteiger charge is -2.30. The molecule has 0 aromatic heterocycles. The zero-order valence-electron chi connectivity index (χ0n) is 24.5. The first-order valence-electron chi connectivity index (χ1n) is 14.1. The fourth-order valence-corrected chi connectivity index (χ4v) is 5.50. The maximum Gasteiger partial charge on any atom is 0.573 e. The lowest BCUT2D eigenvalue weighted by Crippen LogP contribution is -2.36. The number of hydrogen-bond acceptors (Lipinski definition) is 4. The third-order valence-electron chi connectivity index (χ3n) is 7.79. The summed E-state index contributed by atoms with van der Waals surface area (Å²) in [6.45, 7) is 10.7. The lowest BCUT2D eigenvalue weighted by molar-refractivity contribution is -0.274. The van der Waals surface area contributed by atoms with E-state index in [1.807, 2.05) is 30.1 Å². The Kier molecular flexibility index (Phi) is 9.32. The van der Waals surface area contributed by atoms with Crippen molar-refractivity contribution in [1.82, 2.24) is 9.80 Å². The van der Waals surface area contributed by atoms with Crippen molar-refractivity contribution >= 4 is 11.6 Å². The van der Waals surface area contributed by atoms with Crippen LogP contribution in [0.15, 0.2) is 78.9 Å². The van der Waals surface area contributed by atoms with Crippen molar-refractivity contribution in [3.63, 3.8) is 0 Å². The first-order chi connectivity index (χ1) is 19.4.